The number of hydrogen-bond acceptors (Lipinski definition) is 4. The predicted molar refractivity (Wildman–Crippen MR) is 74.8 cm³/mol. The van der Waals surface area contributed by atoms with Crippen LogP contribution in [0.4, 0.5) is 5.69 Å². The Morgan fingerprint density at radius 3 is 3.16 bits per heavy atom. The molecule has 0 aromatic heterocycles. The molecule has 1 aromatic rings. The normalized spacial score (nSPS) is 17.2. The molecule has 1 aromatic carbocycles. The number of nitrogen functional groups attached to an aromatic ring is 1. The van der Waals surface area contributed by atoms with Crippen molar-refractivity contribution in [1.82, 2.24) is 10.6 Å². The number of hydrogen-bond donors (Lipinski definition) is 3. The van der Waals surface area contributed by atoms with E-state index in [0.29, 0.717) is 19.7 Å². The first-order valence-electron chi connectivity index (χ1n) is 6.58. The van der Waals surface area contributed by atoms with E-state index in [1.165, 1.54) is 11.1 Å². The summed E-state index contributed by atoms with van der Waals surface area (Å²) in [6, 6.07) is 6.24. The average molecular weight is 263 g/mol. The molecule has 1 atom stereocenters. The first-order valence-corrected chi connectivity index (χ1v) is 6.58. The molecule has 0 radical (unpaired) electrons. The fraction of sp³-hybridized carbons (Fsp3) is 0.500. The summed E-state index contributed by atoms with van der Waals surface area (Å²) in [4.78, 5) is 11.6. The number of nitrogens with one attached hydrogen (secondary N) is 2. The number of rotatable bonds is 6. The molecular weight excluding hydrogens is 242 g/mol. The SMILES string of the molecule is COCCNC(=O)CNC1CCc2cc(N)ccc21. The van der Waals surface area contributed by atoms with Crippen molar-refractivity contribution in [2.24, 2.45) is 0 Å². The summed E-state index contributed by atoms with van der Waals surface area (Å²) in [5, 5.41) is 6.08. The second kappa shape index (κ2) is 6.54. The number of carbonyl (C=O) groups is 1. The maximum atomic E-state index is 11.6. The zero-order valence-corrected chi connectivity index (χ0v) is 11.2. The monoisotopic (exact) mass is 263 g/mol. The lowest BCUT2D eigenvalue weighted by atomic mass is 10.1. The van der Waals surface area contributed by atoms with E-state index >= 15 is 0 Å². The van der Waals surface area contributed by atoms with Gasteiger partial charge in [0.2, 0.25) is 5.91 Å². The van der Waals surface area contributed by atoms with Crippen molar-refractivity contribution in [2.75, 3.05) is 32.5 Å². The van der Waals surface area contributed by atoms with E-state index in [1.807, 2.05) is 12.1 Å². The summed E-state index contributed by atoms with van der Waals surface area (Å²) < 4.78 is 4.88. The third-order valence-electron chi connectivity index (χ3n) is 3.38. The van der Waals surface area contributed by atoms with Crippen molar-refractivity contribution >= 4 is 11.6 Å². The molecule has 0 bridgehead atoms. The minimum absolute atomic E-state index is 0.000875. The molecule has 0 saturated carbocycles. The first kappa shape index (κ1) is 13.8. The Morgan fingerprint density at radius 1 is 1.53 bits per heavy atom. The third-order valence-corrected chi connectivity index (χ3v) is 3.38. The van der Waals surface area contributed by atoms with Crippen molar-refractivity contribution in [3.8, 4) is 0 Å². The third kappa shape index (κ3) is 3.68. The summed E-state index contributed by atoms with van der Waals surface area (Å²) in [6.45, 7) is 1.42. The van der Waals surface area contributed by atoms with Gasteiger partial charge in [-0.05, 0) is 36.1 Å². The molecule has 19 heavy (non-hydrogen) atoms. The van der Waals surface area contributed by atoms with Gasteiger partial charge in [0.1, 0.15) is 0 Å². The highest BCUT2D eigenvalue weighted by molar-refractivity contribution is 5.78. The Morgan fingerprint density at radius 2 is 2.37 bits per heavy atom. The molecule has 0 saturated heterocycles. The highest BCUT2D eigenvalue weighted by Crippen LogP contribution is 2.31. The standard InChI is InChI=1S/C14H21N3O2/c1-19-7-6-16-14(18)9-17-13-5-2-10-8-11(15)3-4-12(10)13/h3-4,8,13,17H,2,5-7,9,15H2,1H3,(H,16,18). The van der Waals surface area contributed by atoms with Crippen LogP contribution in [-0.4, -0.2) is 32.7 Å². The number of anilines is 1. The van der Waals surface area contributed by atoms with Crippen LogP contribution in [0.25, 0.3) is 0 Å². The van der Waals surface area contributed by atoms with Crippen LogP contribution in [0.2, 0.25) is 0 Å². The Labute approximate surface area is 113 Å². The number of nitrogens with two attached hydrogens (primary N) is 1. The highest BCUT2D eigenvalue weighted by Gasteiger charge is 2.22. The number of carbonyl (C=O) groups excluding carboxylic acids is 1. The van der Waals surface area contributed by atoms with Crippen LogP contribution < -0.4 is 16.4 Å². The summed E-state index contributed by atoms with van der Waals surface area (Å²) in [6.07, 6.45) is 2.04. The van der Waals surface area contributed by atoms with Crippen molar-refractivity contribution in [3.63, 3.8) is 0 Å². The Kier molecular flexibility index (Phi) is 4.76. The van der Waals surface area contributed by atoms with E-state index in [2.05, 4.69) is 16.7 Å². The zero-order valence-electron chi connectivity index (χ0n) is 11.2. The van der Waals surface area contributed by atoms with Gasteiger partial charge in [-0.2, -0.15) is 0 Å². The molecule has 1 aliphatic rings. The smallest absolute Gasteiger partial charge is 0.234 e. The quantitative estimate of drug-likeness (QED) is 0.519. The van der Waals surface area contributed by atoms with Crippen LogP contribution >= 0.6 is 0 Å². The lowest BCUT2D eigenvalue weighted by molar-refractivity contribution is -0.120. The molecule has 0 aliphatic heterocycles. The number of amides is 1. The second-order valence-corrected chi connectivity index (χ2v) is 4.77. The molecule has 1 unspecified atom stereocenters. The predicted octanol–water partition coefficient (Wildman–Crippen LogP) is 0.608. The molecule has 104 valence electrons. The largest absolute Gasteiger partial charge is 0.399 e. The molecule has 1 aliphatic carbocycles. The molecule has 0 spiro atoms. The van der Waals surface area contributed by atoms with Crippen LogP contribution in [0.1, 0.15) is 23.6 Å². The minimum Gasteiger partial charge on any atom is -0.399 e. The van der Waals surface area contributed by atoms with E-state index in [0.717, 1.165) is 18.5 Å². The molecule has 0 fully saturated rings. The van der Waals surface area contributed by atoms with Crippen molar-refractivity contribution < 1.29 is 9.53 Å². The van der Waals surface area contributed by atoms with Crippen LogP contribution in [0.15, 0.2) is 18.2 Å². The Hall–Kier alpha value is -1.59. The van der Waals surface area contributed by atoms with Crippen molar-refractivity contribution in [3.05, 3.63) is 29.3 Å². The second-order valence-electron chi connectivity index (χ2n) is 4.77. The number of aryl methyl sites for hydroxylation is 1. The number of methoxy groups -OCH3 is 1. The molecule has 5 heteroatoms. The van der Waals surface area contributed by atoms with Crippen LogP contribution in [0.3, 0.4) is 0 Å². The van der Waals surface area contributed by atoms with Crippen LogP contribution in [0.5, 0.6) is 0 Å². The zero-order chi connectivity index (χ0) is 13.7. The van der Waals surface area contributed by atoms with Crippen LogP contribution in [0, 0.1) is 0 Å². The van der Waals surface area contributed by atoms with Crippen LogP contribution in [-0.2, 0) is 16.0 Å². The van der Waals surface area contributed by atoms with Gasteiger partial charge in [-0.25, -0.2) is 0 Å². The van der Waals surface area contributed by atoms with E-state index in [4.69, 9.17) is 10.5 Å². The molecule has 1 amide bonds. The molecular formula is C14H21N3O2. The van der Waals surface area contributed by atoms with E-state index in [9.17, 15) is 4.79 Å². The Bertz CT molecular complexity index is 448. The van der Waals surface area contributed by atoms with Gasteiger partial charge in [0.25, 0.3) is 0 Å². The van der Waals surface area contributed by atoms with Gasteiger partial charge >= 0.3 is 0 Å². The molecule has 0 heterocycles. The summed E-state index contributed by atoms with van der Waals surface area (Å²) >= 11 is 0. The number of ether oxygens (including phenoxy) is 1. The highest BCUT2D eigenvalue weighted by atomic mass is 16.5. The fourth-order valence-electron chi connectivity index (χ4n) is 2.42. The van der Waals surface area contributed by atoms with E-state index in [-0.39, 0.29) is 11.9 Å². The maximum Gasteiger partial charge on any atom is 0.234 e. The summed E-state index contributed by atoms with van der Waals surface area (Å²) in [5.41, 5.74) is 9.12. The molecule has 5 nitrogen and oxygen atoms in total. The van der Waals surface area contributed by atoms with Crippen molar-refractivity contribution in [1.29, 1.82) is 0 Å². The topological polar surface area (TPSA) is 76.4 Å². The summed E-state index contributed by atoms with van der Waals surface area (Å²) in [5.74, 6) is 0.000875. The summed E-state index contributed by atoms with van der Waals surface area (Å²) in [7, 11) is 1.62. The van der Waals surface area contributed by atoms with Gasteiger partial charge < -0.3 is 21.1 Å². The lowest BCUT2D eigenvalue weighted by Crippen LogP contribution is -2.36. The molecule has 4 N–H and O–H groups in total. The van der Waals surface area contributed by atoms with Gasteiger partial charge in [-0.15, -0.1) is 0 Å². The minimum atomic E-state index is 0.000875. The molecule has 2 rings (SSSR count). The van der Waals surface area contributed by atoms with Gasteiger partial charge in [-0.1, -0.05) is 6.07 Å². The average Bonchev–Trinajstić information content (AvgIpc) is 2.79. The van der Waals surface area contributed by atoms with Crippen molar-refractivity contribution in [2.45, 2.75) is 18.9 Å². The van der Waals surface area contributed by atoms with E-state index < -0.39 is 0 Å². The fourth-order valence-corrected chi connectivity index (χ4v) is 2.42. The first-order chi connectivity index (χ1) is 9.20. The Balaban J connectivity index is 1.81. The van der Waals surface area contributed by atoms with Gasteiger partial charge in [0.15, 0.2) is 0 Å². The van der Waals surface area contributed by atoms with Gasteiger partial charge in [0, 0.05) is 25.4 Å². The number of benzene rings is 1. The lowest BCUT2D eigenvalue weighted by Gasteiger charge is -2.14. The number of fused-ring (bicyclic) bond motifs is 1. The maximum absolute atomic E-state index is 11.6. The van der Waals surface area contributed by atoms with Gasteiger partial charge in [0.05, 0.1) is 13.2 Å². The van der Waals surface area contributed by atoms with Gasteiger partial charge in [-0.3, -0.25) is 4.79 Å². The van der Waals surface area contributed by atoms with E-state index in [1.54, 1.807) is 7.11 Å².